The van der Waals surface area contributed by atoms with E-state index in [1.54, 1.807) is 18.3 Å². The largest absolute Gasteiger partial charge is 0.352 e. The summed E-state index contributed by atoms with van der Waals surface area (Å²) >= 11 is 0. The zero-order chi connectivity index (χ0) is 17.2. The van der Waals surface area contributed by atoms with Crippen LogP contribution in [0.5, 0.6) is 0 Å². The number of nitrogens with one attached hydrogen (secondary N) is 1. The van der Waals surface area contributed by atoms with Crippen molar-refractivity contribution in [1.29, 1.82) is 0 Å². The first kappa shape index (κ1) is 16.7. The molecule has 1 aromatic carbocycles. The molecule has 0 aliphatic heterocycles. The second-order valence-electron chi connectivity index (χ2n) is 6.09. The van der Waals surface area contributed by atoms with E-state index in [0.717, 1.165) is 25.7 Å². The van der Waals surface area contributed by atoms with Crippen molar-refractivity contribution in [2.24, 2.45) is 0 Å². The van der Waals surface area contributed by atoms with E-state index in [2.05, 4.69) is 10.3 Å². The molecule has 1 unspecified atom stereocenters. The van der Waals surface area contributed by atoms with Crippen LogP contribution in [-0.2, 0) is 14.6 Å². The number of carbonyl (C=O) groups is 1. The molecule has 0 spiro atoms. The maximum absolute atomic E-state index is 12.9. The molecule has 1 aliphatic carbocycles. The van der Waals surface area contributed by atoms with Gasteiger partial charge in [0.15, 0.2) is 0 Å². The van der Waals surface area contributed by atoms with Gasteiger partial charge >= 0.3 is 0 Å². The fourth-order valence-electron chi connectivity index (χ4n) is 2.97. The van der Waals surface area contributed by atoms with Crippen molar-refractivity contribution in [3.05, 3.63) is 42.7 Å². The Morgan fingerprint density at radius 3 is 2.58 bits per heavy atom. The van der Waals surface area contributed by atoms with Gasteiger partial charge in [0.05, 0.1) is 0 Å². The number of aromatic nitrogens is 2. The lowest BCUT2D eigenvalue weighted by molar-refractivity contribution is -0.121. The van der Waals surface area contributed by atoms with Gasteiger partial charge in [0.2, 0.25) is 20.9 Å². The maximum Gasteiger partial charge on any atom is 0.238 e. The van der Waals surface area contributed by atoms with Crippen molar-refractivity contribution in [1.82, 2.24) is 14.9 Å². The zero-order valence-corrected chi connectivity index (χ0v) is 14.4. The quantitative estimate of drug-likeness (QED) is 0.898. The van der Waals surface area contributed by atoms with Crippen LogP contribution < -0.4 is 5.32 Å². The Hall–Kier alpha value is -2.15. The molecule has 1 saturated carbocycles. The second kappa shape index (κ2) is 6.76. The summed E-state index contributed by atoms with van der Waals surface area (Å²) in [7, 11) is -3.88. The Labute approximate surface area is 141 Å². The van der Waals surface area contributed by atoms with Gasteiger partial charge in [-0.05, 0) is 31.9 Å². The smallest absolute Gasteiger partial charge is 0.238 e. The fourth-order valence-corrected chi connectivity index (χ4v) is 4.29. The van der Waals surface area contributed by atoms with Crippen LogP contribution in [0.3, 0.4) is 0 Å². The predicted octanol–water partition coefficient (Wildman–Crippen LogP) is 2.09. The van der Waals surface area contributed by atoms with Crippen molar-refractivity contribution >= 4 is 15.7 Å². The van der Waals surface area contributed by atoms with Crippen molar-refractivity contribution in [3.63, 3.8) is 0 Å². The van der Waals surface area contributed by atoms with Gasteiger partial charge < -0.3 is 5.32 Å². The minimum Gasteiger partial charge on any atom is -0.352 e. The van der Waals surface area contributed by atoms with Crippen molar-refractivity contribution < 1.29 is 13.2 Å². The van der Waals surface area contributed by atoms with Crippen LogP contribution in [0.15, 0.2) is 47.9 Å². The van der Waals surface area contributed by atoms with E-state index in [4.69, 9.17) is 0 Å². The van der Waals surface area contributed by atoms with Gasteiger partial charge in [-0.25, -0.2) is 13.4 Å². The summed E-state index contributed by atoms with van der Waals surface area (Å²) in [5, 5.41) is 1.56. The van der Waals surface area contributed by atoms with Crippen LogP contribution in [-0.4, -0.2) is 35.2 Å². The number of carbonyl (C=O) groups excluding carboxylic acids is 1. The molecule has 7 heteroatoms. The zero-order valence-electron chi connectivity index (χ0n) is 13.6. The number of nitrogens with zero attached hydrogens (tertiary/aromatic N) is 2. The molecule has 3 rings (SSSR count). The molecule has 1 fully saturated rings. The molecule has 1 aromatic heterocycles. The summed E-state index contributed by atoms with van der Waals surface area (Å²) in [6.45, 7) is 1.42. The van der Waals surface area contributed by atoms with E-state index in [0.29, 0.717) is 5.69 Å². The van der Waals surface area contributed by atoms with Crippen LogP contribution in [0.25, 0.3) is 5.69 Å². The molecule has 1 N–H and O–H groups in total. The van der Waals surface area contributed by atoms with E-state index in [1.807, 2.05) is 18.2 Å². The predicted molar refractivity (Wildman–Crippen MR) is 90.6 cm³/mol. The lowest BCUT2D eigenvalue weighted by Gasteiger charge is -2.17. The highest BCUT2D eigenvalue weighted by molar-refractivity contribution is 7.92. The van der Waals surface area contributed by atoms with E-state index in [1.165, 1.54) is 17.7 Å². The first-order valence-corrected chi connectivity index (χ1v) is 9.68. The number of rotatable bonds is 5. The van der Waals surface area contributed by atoms with E-state index < -0.39 is 21.0 Å². The summed E-state index contributed by atoms with van der Waals surface area (Å²) in [5.41, 5.74) is 0.692. The van der Waals surface area contributed by atoms with Crippen LogP contribution in [0.4, 0.5) is 0 Å². The first-order chi connectivity index (χ1) is 11.5. The van der Waals surface area contributed by atoms with Crippen LogP contribution in [0.1, 0.15) is 32.6 Å². The lowest BCUT2D eigenvalue weighted by Crippen LogP contribution is -2.42. The van der Waals surface area contributed by atoms with E-state index in [-0.39, 0.29) is 11.2 Å². The molecule has 6 nitrogen and oxygen atoms in total. The highest BCUT2D eigenvalue weighted by Gasteiger charge is 2.34. The third-order valence-corrected chi connectivity index (χ3v) is 6.39. The first-order valence-electron chi connectivity index (χ1n) is 8.13. The average Bonchev–Trinajstić information content (AvgIpc) is 3.26. The standard InChI is InChI=1S/C17H21N3O3S/c1-13(16(21)19-14-7-5-6-8-14)24(22,23)17-18-11-12-20(17)15-9-3-2-4-10-15/h2-4,9-14H,5-8H2,1H3,(H,19,21). The molecule has 1 aliphatic rings. The molecule has 0 bridgehead atoms. The van der Waals surface area contributed by atoms with Gasteiger partial charge in [0, 0.05) is 24.1 Å². The Morgan fingerprint density at radius 1 is 1.25 bits per heavy atom. The molecular formula is C17H21N3O3S. The van der Waals surface area contributed by atoms with Gasteiger partial charge in [0.25, 0.3) is 0 Å². The third-order valence-electron chi connectivity index (χ3n) is 4.43. The summed E-state index contributed by atoms with van der Waals surface area (Å²) in [5.74, 6) is -0.454. The van der Waals surface area contributed by atoms with E-state index in [9.17, 15) is 13.2 Å². The van der Waals surface area contributed by atoms with Gasteiger partial charge in [-0.3, -0.25) is 9.36 Å². The summed E-state index contributed by atoms with van der Waals surface area (Å²) in [6, 6.07) is 9.17. The second-order valence-corrected chi connectivity index (χ2v) is 8.25. The number of amides is 1. The summed E-state index contributed by atoms with van der Waals surface area (Å²) in [4.78, 5) is 16.4. The minimum absolute atomic E-state index is 0.0871. The van der Waals surface area contributed by atoms with Gasteiger partial charge in [-0.15, -0.1) is 0 Å². The SMILES string of the molecule is CC(C(=O)NC1CCCC1)S(=O)(=O)c1nccn1-c1ccccc1. The van der Waals surface area contributed by atoms with Crippen molar-refractivity contribution in [3.8, 4) is 5.69 Å². The molecule has 0 radical (unpaired) electrons. The number of hydrogen-bond acceptors (Lipinski definition) is 4. The number of para-hydroxylation sites is 1. The topological polar surface area (TPSA) is 81.1 Å². The Balaban J connectivity index is 1.85. The van der Waals surface area contributed by atoms with Crippen molar-refractivity contribution in [2.75, 3.05) is 0 Å². The Bertz CT molecular complexity index is 809. The fraction of sp³-hybridized carbons (Fsp3) is 0.412. The highest BCUT2D eigenvalue weighted by atomic mass is 32.2. The number of hydrogen-bond donors (Lipinski definition) is 1. The minimum atomic E-state index is -3.88. The normalized spacial score (nSPS) is 16.9. The molecule has 1 amide bonds. The molecule has 2 aromatic rings. The highest BCUT2D eigenvalue weighted by Crippen LogP contribution is 2.21. The lowest BCUT2D eigenvalue weighted by atomic mass is 10.2. The van der Waals surface area contributed by atoms with Gasteiger partial charge in [-0.2, -0.15) is 0 Å². The average molecular weight is 347 g/mol. The summed E-state index contributed by atoms with van der Waals surface area (Å²) < 4.78 is 27.2. The Kier molecular flexibility index (Phi) is 4.71. The maximum atomic E-state index is 12.9. The van der Waals surface area contributed by atoms with Crippen LogP contribution in [0, 0.1) is 0 Å². The molecule has 128 valence electrons. The van der Waals surface area contributed by atoms with Crippen molar-refractivity contribution in [2.45, 2.75) is 49.1 Å². The third kappa shape index (κ3) is 3.21. The van der Waals surface area contributed by atoms with Gasteiger partial charge in [0.1, 0.15) is 5.25 Å². The molecule has 1 heterocycles. The van der Waals surface area contributed by atoms with Crippen LogP contribution in [0.2, 0.25) is 0 Å². The number of imidazole rings is 1. The van der Waals surface area contributed by atoms with Crippen LogP contribution >= 0.6 is 0 Å². The Morgan fingerprint density at radius 2 is 1.92 bits per heavy atom. The van der Waals surface area contributed by atoms with E-state index >= 15 is 0 Å². The summed E-state index contributed by atoms with van der Waals surface area (Å²) in [6.07, 6.45) is 6.99. The molecular weight excluding hydrogens is 326 g/mol. The molecule has 0 saturated heterocycles. The molecule has 24 heavy (non-hydrogen) atoms. The molecule has 1 atom stereocenters. The number of sulfone groups is 1. The van der Waals surface area contributed by atoms with Gasteiger partial charge in [-0.1, -0.05) is 31.0 Å². The monoisotopic (exact) mass is 347 g/mol. The number of benzene rings is 1.